The van der Waals surface area contributed by atoms with Crippen molar-refractivity contribution in [1.29, 1.82) is 0 Å². The highest BCUT2D eigenvalue weighted by atomic mass is 15.2. The van der Waals surface area contributed by atoms with Gasteiger partial charge in [0.1, 0.15) is 0 Å². The van der Waals surface area contributed by atoms with E-state index >= 15 is 0 Å². The van der Waals surface area contributed by atoms with Crippen LogP contribution in [0.4, 0.5) is 34.1 Å². The van der Waals surface area contributed by atoms with E-state index in [-0.39, 0.29) is 21.7 Å². The Morgan fingerprint density at radius 2 is 0.589 bits per heavy atom. The van der Waals surface area contributed by atoms with E-state index in [1.807, 2.05) is 0 Å². The first kappa shape index (κ1) is 32.4. The quantitative estimate of drug-likeness (QED) is 0.144. The lowest BCUT2D eigenvalue weighted by atomic mass is 9.62. The van der Waals surface area contributed by atoms with E-state index in [2.05, 4.69) is 199 Å². The number of nitrogens with zero attached hydrogens (tertiary/aromatic N) is 2. The molecule has 2 heteroatoms. The number of anilines is 6. The fraction of sp³-hybridized carbons (Fsp3) is 0.222. The number of hydrogen-bond acceptors (Lipinski definition) is 2. The lowest BCUT2D eigenvalue weighted by Gasteiger charge is -2.52. The van der Waals surface area contributed by atoms with E-state index < -0.39 is 0 Å². The van der Waals surface area contributed by atoms with Crippen molar-refractivity contribution in [3.63, 3.8) is 0 Å². The number of fused-ring (bicyclic) bond motifs is 17. The maximum atomic E-state index is 2.66. The second kappa shape index (κ2) is 10.1. The average Bonchev–Trinajstić information content (AvgIpc) is 3.20. The van der Waals surface area contributed by atoms with Crippen LogP contribution >= 0.6 is 0 Å². The summed E-state index contributed by atoms with van der Waals surface area (Å²) in [7, 11) is 0. The summed E-state index contributed by atoms with van der Waals surface area (Å²) in [6.07, 6.45) is 0. The van der Waals surface area contributed by atoms with Gasteiger partial charge in [-0.1, -0.05) is 177 Å². The number of rotatable bonds is 0. The molecule has 0 aliphatic carbocycles. The van der Waals surface area contributed by atoms with Gasteiger partial charge in [-0.3, -0.25) is 0 Å². The van der Waals surface area contributed by atoms with Crippen LogP contribution in [0.2, 0.25) is 0 Å². The molecule has 0 amide bonds. The van der Waals surface area contributed by atoms with Crippen molar-refractivity contribution in [2.24, 2.45) is 0 Å². The number of para-hydroxylation sites is 4. The van der Waals surface area contributed by atoms with Gasteiger partial charge in [-0.05, 0) is 78.2 Å². The van der Waals surface area contributed by atoms with E-state index in [4.69, 9.17) is 0 Å². The molecule has 4 aliphatic rings. The van der Waals surface area contributed by atoms with Crippen molar-refractivity contribution < 1.29 is 0 Å². The molecule has 272 valence electrons. The van der Waals surface area contributed by atoms with E-state index in [1.165, 1.54) is 111 Å². The van der Waals surface area contributed by atoms with Crippen molar-refractivity contribution in [3.05, 3.63) is 178 Å². The highest BCUT2D eigenvalue weighted by Gasteiger charge is 2.50. The Hall–Kier alpha value is -5.86. The summed E-state index contributed by atoms with van der Waals surface area (Å²) in [5.41, 5.74) is 18.2. The van der Waals surface area contributed by atoms with Gasteiger partial charge in [-0.2, -0.15) is 0 Å². The van der Waals surface area contributed by atoms with E-state index in [0.717, 1.165) is 0 Å². The molecular weight excluding hydrogens is 677 g/mol. The second-order valence-corrected chi connectivity index (χ2v) is 18.9. The molecule has 4 heterocycles. The topological polar surface area (TPSA) is 6.48 Å². The van der Waals surface area contributed by atoms with Crippen molar-refractivity contribution in [2.75, 3.05) is 9.80 Å². The van der Waals surface area contributed by atoms with Gasteiger partial charge in [0, 0.05) is 32.4 Å². The number of benzene rings is 8. The lowest BCUT2D eigenvalue weighted by Crippen LogP contribution is -2.39. The molecule has 2 nitrogen and oxygen atoms in total. The molecule has 0 fully saturated rings. The summed E-state index contributed by atoms with van der Waals surface area (Å²) in [5, 5.41) is 8.03. The minimum atomic E-state index is -0.301. The van der Waals surface area contributed by atoms with Crippen LogP contribution in [0.25, 0.3) is 32.3 Å². The van der Waals surface area contributed by atoms with E-state index in [9.17, 15) is 0 Å². The largest absolute Gasteiger partial charge is 0.309 e. The van der Waals surface area contributed by atoms with Gasteiger partial charge in [0.2, 0.25) is 0 Å². The van der Waals surface area contributed by atoms with Crippen molar-refractivity contribution in [1.82, 2.24) is 0 Å². The van der Waals surface area contributed by atoms with E-state index in [1.54, 1.807) is 0 Å². The molecular formula is C54H46N2. The fourth-order valence-electron chi connectivity index (χ4n) is 12.0. The predicted octanol–water partition coefficient (Wildman–Crippen LogP) is 14.6. The van der Waals surface area contributed by atoms with Crippen LogP contribution in [-0.4, -0.2) is 0 Å². The minimum absolute atomic E-state index is 0.139. The summed E-state index contributed by atoms with van der Waals surface area (Å²) >= 11 is 0. The number of hydrogen-bond donors (Lipinski definition) is 0. The van der Waals surface area contributed by atoms with Crippen LogP contribution in [0.1, 0.15) is 99.9 Å². The van der Waals surface area contributed by atoms with Gasteiger partial charge in [0.05, 0.1) is 34.1 Å². The van der Waals surface area contributed by atoms with Crippen LogP contribution in [0.3, 0.4) is 0 Å². The molecule has 8 aromatic rings. The molecule has 0 radical (unpaired) electrons. The molecule has 4 aliphatic heterocycles. The Bertz CT molecular complexity index is 2890. The van der Waals surface area contributed by atoms with E-state index in [0.29, 0.717) is 0 Å². The van der Waals surface area contributed by atoms with Crippen LogP contribution in [0.15, 0.2) is 133 Å². The SMILES string of the molecule is CC1(C)c2ccccc2N2c3c1cccc3C(C)(C)c1c2c2ccccc2c2c3c(c4ccccc4c12)N1c2ccccc2C(C)(C)c2cccc(c21)C3(C)C. The molecule has 0 unspecified atom stereocenters. The summed E-state index contributed by atoms with van der Waals surface area (Å²) in [6, 6.07) is 51.2. The minimum Gasteiger partial charge on any atom is -0.309 e. The molecule has 0 saturated carbocycles. The third-order valence-corrected chi connectivity index (χ3v) is 14.7. The Morgan fingerprint density at radius 1 is 0.286 bits per heavy atom. The molecule has 8 aromatic carbocycles. The molecule has 0 saturated heterocycles. The molecule has 0 atom stereocenters. The lowest BCUT2D eigenvalue weighted by molar-refractivity contribution is 0.598. The smallest absolute Gasteiger partial charge is 0.0587 e. The Morgan fingerprint density at radius 3 is 0.982 bits per heavy atom. The summed E-state index contributed by atoms with van der Waals surface area (Å²) in [5.74, 6) is 0. The summed E-state index contributed by atoms with van der Waals surface area (Å²) < 4.78 is 0. The van der Waals surface area contributed by atoms with Crippen molar-refractivity contribution >= 4 is 66.4 Å². The molecule has 0 spiro atoms. The monoisotopic (exact) mass is 722 g/mol. The summed E-state index contributed by atoms with van der Waals surface area (Å²) in [6.45, 7) is 19.6. The molecule has 0 bridgehead atoms. The zero-order chi connectivity index (χ0) is 38.3. The van der Waals surface area contributed by atoms with Gasteiger partial charge in [-0.25, -0.2) is 0 Å². The molecule has 0 aromatic heterocycles. The van der Waals surface area contributed by atoms with Gasteiger partial charge in [0.15, 0.2) is 0 Å². The van der Waals surface area contributed by atoms with Gasteiger partial charge in [0.25, 0.3) is 0 Å². The zero-order valence-electron chi connectivity index (χ0n) is 33.6. The maximum absolute atomic E-state index is 2.66. The molecule has 12 rings (SSSR count). The first-order chi connectivity index (χ1) is 26.9. The van der Waals surface area contributed by atoms with Crippen LogP contribution in [0.5, 0.6) is 0 Å². The third kappa shape index (κ3) is 3.53. The summed E-state index contributed by atoms with van der Waals surface area (Å²) in [4.78, 5) is 5.33. The highest BCUT2D eigenvalue weighted by molar-refractivity contribution is 6.30. The van der Waals surface area contributed by atoms with Gasteiger partial charge < -0.3 is 9.80 Å². The first-order valence-corrected chi connectivity index (χ1v) is 20.4. The van der Waals surface area contributed by atoms with Crippen LogP contribution < -0.4 is 9.80 Å². The van der Waals surface area contributed by atoms with Crippen LogP contribution in [-0.2, 0) is 21.7 Å². The highest BCUT2D eigenvalue weighted by Crippen LogP contribution is 2.67. The molecule has 0 N–H and O–H groups in total. The zero-order valence-corrected chi connectivity index (χ0v) is 33.6. The predicted molar refractivity (Wildman–Crippen MR) is 237 cm³/mol. The van der Waals surface area contributed by atoms with Crippen LogP contribution in [0, 0.1) is 0 Å². The normalized spacial score (nSPS) is 18.1. The van der Waals surface area contributed by atoms with Gasteiger partial charge >= 0.3 is 0 Å². The van der Waals surface area contributed by atoms with Gasteiger partial charge in [-0.15, -0.1) is 0 Å². The van der Waals surface area contributed by atoms with Crippen molar-refractivity contribution in [2.45, 2.75) is 77.0 Å². The molecule has 56 heavy (non-hydrogen) atoms. The Kier molecular flexibility index (Phi) is 5.85. The second-order valence-electron chi connectivity index (χ2n) is 18.9. The average molecular weight is 723 g/mol. The Balaban J connectivity index is 1.34. The Labute approximate surface area is 330 Å². The third-order valence-electron chi connectivity index (χ3n) is 14.7. The van der Waals surface area contributed by atoms with Crippen molar-refractivity contribution in [3.8, 4) is 0 Å². The first-order valence-electron chi connectivity index (χ1n) is 20.4. The fourth-order valence-corrected chi connectivity index (χ4v) is 12.0. The maximum Gasteiger partial charge on any atom is 0.0587 e. The standard InChI is InChI=1S/C54H46N2/c1-51(2)35-23-13-15-29-41(35)55-47-33-21-11-9-19-31(33)44-43(45(47)53(5,6)39-27-17-25-37(51)49(39)55)32-20-10-12-22-34(32)48-46(44)54(7,8)40-28-18-26-38-50(40)56(48)42-30-16-14-24-36(42)52(38,3)4/h9-30H,1-8H3.